The summed E-state index contributed by atoms with van der Waals surface area (Å²) in [6.07, 6.45) is 3.00. The van der Waals surface area contributed by atoms with Crippen LogP contribution in [0.3, 0.4) is 0 Å². The summed E-state index contributed by atoms with van der Waals surface area (Å²) in [5.41, 5.74) is 3.15. The van der Waals surface area contributed by atoms with Gasteiger partial charge in [0.05, 0.1) is 5.69 Å². The predicted molar refractivity (Wildman–Crippen MR) is 95.0 cm³/mol. The quantitative estimate of drug-likeness (QED) is 0.877. The van der Waals surface area contributed by atoms with E-state index in [0.29, 0.717) is 18.0 Å². The zero-order chi connectivity index (χ0) is 17.8. The number of hydrogen-bond acceptors (Lipinski definition) is 2. The van der Waals surface area contributed by atoms with Crippen LogP contribution in [0.25, 0.3) is 0 Å². The maximum Gasteiger partial charge on any atom is 0.251 e. The van der Waals surface area contributed by atoms with E-state index < -0.39 is 5.82 Å². The van der Waals surface area contributed by atoms with Crippen molar-refractivity contribution in [2.75, 3.05) is 11.9 Å². The molecule has 2 N–H and O–H groups in total. The lowest BCUT2D eigenvalue weighted by Crippen LogP contribution is -2.26. The SMILES string of the molecule is CC(=O)Nc1cc(C(=O)NCCC2Cc3ccccc3C2)ccc1F. The smallest absolute Gasteiger partial charge is 0.251 e. The Kier molecular flexibility index (Phi) is 5.12. The van der Waals surface area contributed by atoms with Crippen LogP contribution in [0.1, 0.15) is 34.8 Å². The average Bonchev–Trinajstić information content (AvgIpc) is 2.99. The first-order chi connectivity index (χ1) is 12.0. The van der Waals surface area contributed by atoms with Crippen LogP contribution >= 0.6 is 0 Å². The summed E-state index contributed by atoms with van der Waals surface area (Å²) in [7, 11) is 0. The molecule has 0 spiro atoms. The van der Waals surface area contributed by atoms with Crippen LogP contribution < -0.4 is 10.6 Å². The minimum atomic E-state index is -0.560. The van der Waals surface area contributed by atoms with Crippen molar-refractivity contribution in [2.24, 2.45) is 5.92 Å². The van der Waals surface area contributed by atoms with Crippen LogP contribution in [0.15, 0.2) is 42.5 Å². The molecule has 0 unspecified atom stereocenters. The van der Waals surface area contributed by atoms with Gasteiger partial charge in [0, 0.05) is 19.0 Å². The molecule has 0 radical (unpaired) electrons. The second-order valence-corrected chi connectivity index (χ2v) is 6.46. The van der Waals surface area contributed by atoms with Crippen molar-refractivity contribution in [1.82, 2.24) is 5.32 Å². The van der Waals surface area contributed by atoms with Gasteiger partial charge in [0.15, 0.2) is 0 Å². The standard InChI is InChI=1S/C20H21FN2O2/c1-13(24)23-19-12-17(6-7-18(19)21)20(25)22-9-8-14-10-15-4-2-3-5-16(15)11-14/h2-7,12,14H,8-11H2,1H3,(H,22,25)(H,23,24). The number of carbonyl (C=O) groups excluding carboxylic acids is 2. The van der Waals surface area contributed by atoms with Crippen LogP contribution in [-0.2, 0) is 17.6 Å². The Morgan fingerprint density at radius 3 is 2.44 bits per heavy atom. The molecule has 25 heavy (non-hydrogen) atoms. The van der Waals surface area contributed by atoms with Gasteiger partial charge in [-0.25, -0.2) is 4.39 Å². The molecular weight excluding hydrogens is 319 g/mol. The predicted octanol–water partition coefficient (Wildman–Crippen LogP) is 3.32. The molecule has 0 saturated heterocycles. The van der Waals surface area contributed by atoms with E-state index in [1.807, 2.05) is 0 Å². The summed E-state index contributed by atoms with van der Waals surface area (Å²) in [5, 5.41) is 5.26. The molecule has 4 nitrogen and oxygen atoms in total. The third-order valence-corrected chi connectivity index (χ3v) is 4.51. The van der Waals surface area contributed by atoms with E-state index in [4.69, 9.17) is 0 Å². The Morgan fingerprint density at radius 2 is 1.80 bits per heavy atom. The number of carbonyl (C=O) groups is 2. The number of halogens is 1. The van der Waals surface area contributed by atoms with Gasteiger partial charge in [-0.1, -0.05) is 24.3 Å². The molecule has 0 heterocycles. The van der Waals surface area contributed by atoms with Crippen molar-refractivity contribution in [3.8, 4) is 0 Å². The van der Waals surface area contributed by atoms with E-state index in [0.717, 1.165) is 19.3 Å². The molecule has 1 aliphatic carbocycles. The molecule has 130 valence electrons. The zero-order valence-corrected chi connectivity index (χ0v) is 14.1. The van der Waals surface area contributed by atoms with Gasteiger partial charge in [-0.05, 0) is 54.5 Å². The summed E-state index contributed by atoms with van der Waals surface area (Å²) in [4.78, 5) is 23.3. The topological polar surface area (TPSA) is 58.2 Å². The first-order valence-electron chi connectivity index (χ1n) is 8.45. The highest BCUT2D eigenvalue weighted by atomic mass is 19.1. The number of rotatable bonds is 5. The van der Waals surface area contributed by atoms with E-state index in [9.17, 15) is 14.0 Å². The fourth-order valence-corrected chi connectivity index (χ4v) is 3.30. The summed E-state index contributed by atoms with van der Waals surface area (Å²) in [6.45, 7) is 1.87. The number of hydrogen-bond donors (Lipinski definition) is 2. The molecule has 3 rings (SSSR count). The first-order valence-corrected chi connectivity index (χ1v) is 8.45. The largest absolute Gasteiger partial charge is 0.352 e. The molecule has 0 bridgehead atoms. The zero-order valence-electron chi connectivity index (χ0n) is 14.1. The highest BCUT2D eigenvalue weighted by Gasteiger charge is 2.20. The van der Waals surface area contributed by atoms with Gasteiger partial charge in [0.25, 0.3) is 5.91 Å². The molecule has 2 amide bonds. The van der Waals surface area contributed by atoms with Crippen molar-refractivity contribution in [2.45, 2.75) is 26.2 Å². The number of anilines is 1. The molecule has 2 aromatic rings. The highest BCUT2D eigenvalue weighted by molar-refractivity contribution is 5.96. The Balaban J connectivity index is 1.52. The van der Waals surface area contributed by atoms with Crippen LogP contribution in [-0.4, -0.2) is 18.4 Å². The summed E-state index contributed by atoms with van der Waals surface area (Å²) >= 11 is 0. The summed E-state index contributed by atoms with van der Waals surface area (Å²) in [5.74, 6) is -0.657. The van der Waals surface area contributed by atoms with E-state index in [2.05, 4.69) is 34.9 Å². The fourth-order valence-electron chi connectivity index (χ4n) is 3.30. The Labute approximate surface area is 146 Å². The molecule has 0 atom stereocenters. The van der Waals surface area contributed by atoms with Crippen LogP contribution in [0, 0.1) is 11.7 Å². The maximum atomic E-state index is 13.6. The van der Waals surface area contributed by atoms with Crippen molar-refractivity contribution < 1.29 is 14.0 Å². The van der Waals surface area contributed by atoms with Gasteiger partial charge in [0.1, 0.15) is 5.82 Å². The Hall–Kier alpha value is -2.69. The molecule has 2 aromatic carbocycles. The van der Waals surface area contributed by atoms with Crippen molar-refractivity contribution in [1.29, 1.82) is 0 Å². The molecule has 0 fully saturated rings. The van der Waals surface area contributed by atoms with E-state index in [1.165, 1.54) is 36.2 Å². The number of fused-ring (bicyclic) bond motifs is 1. The second-order valence-electron chi connectivity index (χ2n) is 6.46. The third-order valence-electron chi connectivity index (χ3n) is 4.51. The first kappa shape index (κ1) is 17.1. The van der Waals surface area contributed by atoms with Crippen LogP contribution in [0.4, 0.5) is 10.1 Å². The third kappa shape index (κ3) is 4.24. The molecule has 0 aromatic heterocycles. The van der Waals surface area contributed by atoms with E-state index >= 15 is 0 Å². The van der Waals surface area contributed by atoms with Gasteiger partial charge >= 0.3 is 0 Å². The highest BCUT2D eigenvalue weighted by Crippen LogP contribution is 2.28. The maximum absolute atomic E-state index is 13.6. The average molecular weight is 340 g/mol. The lowest BCUT2D eigenvalue weighted by Gasteiger charge is -2.11. The van der Waals surface area contributed by atoms with Gasteiger partial charge in [0.2, 0.25) is 5.91 Å². The summed E-state index contributed by atoms with van der Waals surface area (Å²) < 4.78 is 13.6. The van der Waals surface area contributed by atoms with Crippen molar-refractivity contribution >= 4 is 17.5 Å². The van der Waals surface area contributed by atoms with Crippen LogP contribution in [0.5, 0.6) is 0 Å². The second kappa shape index (κ2) is 7.47. The monoisotopic (exact) mass is 340 g/mol. The normalized spacial score (nSPS) is 13.4. The molecule has 0 saturated carbocycles. The van der Waals surface area contributed by atoms with E-state index in [1.54, 1.807) is 0 Å². The van der Waals surface area contributed by atoms with Gasteiger partial charge in [-0.15, -0.1) is 0 Å². The lowest BCUT2D eigenvalue weighted by atomic mass is 10.0. The Morgan fingerprint density at radius 1 is 1.12 bits per heavy atom. The number of benzene rings is 2. The van der Waals surface area contributed by atoms with Crippen molar-refractivity contribution in [3.63, 3.8) is 0 Å². The lowest BCUT2D eigenvalue weighted by molar-refractivity contribution is -0.114. The van der Waals surface area contributed by atoms with Gasteiger partial charge in [-0.2, -0.15) is 0 Å². The van der Waals surface area contributed by atoms with E-state index in [-0.39, 0.29) is 17.5 Å². The number of nitrogens with one attached hydrogen (secondary N) is 2. The van der Waals surface area contributed by atoms with Crippen LogP contribution in [0.2, 0.25) is 0 Å². The molecule has 0 aliphatic heterocycles. The molecular formula is C20H21FN2O2. The number of amides is 2. The minimum Gasteiger partial charge on any atom is -0.352 e. The summed E-state index contributed by atoms with van der Waals surface area (Å²) in [6, 6.07) is 12.4. The van der Waals surface area contributed by atoms with Crippen molar-refractivity contribution in [3.05, 3.63) is 65.0 Å². The van der Waals surface area contributed by atoms with Gasteiger partial charge in [-0.3, -0.25) is 9.59 Å². The Bertz CT molecular complexity index is 779. The fraction of sp³-hybridized carbons (Fsp3) is 0.300. The minimum absolute atomic E-state index is 0.0198. The molecule has 5 heteroatoms. The van der Waals surface area contributed by atoms with Gasteiger partial charge < -0.3 is 10.6 Å². The molecule has 1 aliphatic rings.